The molecule has 0 spiro atoms. The first-order chi connectivity index (χ1) is 9.65. The Labute approximate surface area is 116 Å². The van der Waals surface area contributed by atoms with Gasteiger partial charge in [-0.2, -0.15) is 0 Å². The smallest absolute Gasteiger partial charge is 0.165 e. The van der Waals surface area contributed by atoms with Crippen LogP contribution in [0, 0.1) is 11.6 Å². The van der Waals surface area contributed by atoms with E-state index in [-0.39, 0.29) is 17.6 Å². The van der Waals surface area contributed by atoms with Crippen molar-refractivity contribution in [2.75, 3.05) is 14.2 Å². The van der Waals surface area contributed by atoms with Gasteiger partial charge in [0.25, 0.3) is 0 Å². The highest BCUT2D eigenvalue weighted by atomic mass is 19.1. The van der Waals surface area contributed by atoms with Crippen LogP contribution in [0.1, 0.15) is 17.2 Å². The van der Waals surface area contributed by atoms with E-state index in [2.05, 4.69) is 10.3 Å². The van der Waals surface area contributed by atoms with E-state index in [9.17, 15) is 8.78 Å². The van der Waals surface area contributed by atoms with Gasteiger partial charge in [-0.25, -0.2) is 8.78 Å². The highest BCUT2D eigenvalue weighted by Gasteiger charge is 2.15. The summed E-state index contributed by atoms with van der Waals surface area (Å²) < 4.78 is 32.3. The summed E-state index contributed by atoms with van der Waals surface area (Å²) >= 11 is 0. The lowest BCUT2D eigenvalue weighted by molar-refractivity contribution is 0.386. The van der Waals surface area contributed by atoms with Gasteiger partial charge in [0.2, 0.25) is 0 Å². The number of pyridine rings is 1. The van der Waals surface area contributed by atoms with Crippen LogP contribution >= 0.6 is 0 Å². The van der Waals surface area contributed by atoms with Crippen LogP contribution in [0.2, 0.25) is 0 Å². The Morgan fingerprint density at radius 2 is 2.05 bits per heavy atom. The molecule has 1 unspecified atom stereocenters. The normalized spacial score (nSPS) is 12.2. The Morgan fingerprint density at radius 3 is 2.65 bits per heavy atom. The number of hydrogen-bond donors (Lipinski definition) is 1. The maximum Gasteiger partial charge on any atom is 0.165 e. The Kier molecular flexibility index (Phi) is 4.63. The molecule has 106 valence electrons. The van der Waals surface area contributed by atoms with Crippen LogP contribution in [0.5, 0.6) is 5.75 Å². The molecular formula is C15H16F2N2O. The van der Waals surface area contributed by atoms with Crippen LogP contribution in [0.15, 0.2) is 36.7 Å². The molecule has 0 fully saturated rings. The van der Waals surface area contributed by atoms with Crippen LogP contribution in [0.4, 0.5) is 8.78 Å². The first kappa shape index (κ1) is 14.4. The third-order valence-corrected chi connectivity index (χ3v) is 3.18. The second-order valence-corrected chi connectivity index (χ2v) is 4.41. The van der Waals surface area contributed by atoms with Crippen LogP contribution in [-0.2, 0) is 6.42 Å². The van der Waals surface area contributed by atoms with Crippen LogP contribution in [0.25, 0.3) is 0 Å². The van der Waals surface area contributed by atoms with Gasteiger partial charge >= 0.3 is 0 Å². The van der Waals surface area contributed by atoms with Gasteiger partial charge < -0.3 is 10.1 Å². The SMILES string of the molecule is CNC(Cc1ccc(OC)c(F)c1)c1ccncc1F. The van der Waals surface area contributed by atoms with Gasteiger partial charge in [0, 0.05) is 17.8 Å². The molecule has 0 amide bonds. The molecule has 0 aliphatic heterocycles. The summed E-state index contributed by atoms with van der Waals surface area (Å²) in [5.41, 5.74) is 1.28. The predicted molar refractivity (Wildman–Crippen MR) is 72.7 cm³/mol. The molecule has 0 saturated carbocycles. The minimum atomic E-state index is -0.421. The first-order valence-corrected chi connectivity index (χ1v) is 6.24. The molecule has 2 aromatic rings. The maximum atomic E-state index is 13.7. The van der Waals surface area contributed by atoms with E-state index in [0.717, 1.165) is 5.56 Å². The Balaban J connectivity index is 2.23. The van der Waals surface area contributed by atoms with Gasteiger partial charge in [-0.3, -0.25) is 4.98 Å². The lowest BCUT2D eigenvalue weighted by atomic mass is 9.99. The molecule has 0 aliphatic carbocycles. The summed E-state index contributed by atoms with van der Waals surface area (Å²) in [4.78, 5) is 3.73. The van der Waals surface area contributed by atoms with Crippen molar-refractivity contribution in [1.82, 2.24) is 10.3 Å². The number of methoxy groups -OCH3 is 1. The van der Waals surface area contributed by atoms with Crippen molar-refractivity contribution in [2.24, 2.45) is 0 Å². The number of ether oxygens (including phenoxy) is 1. The number of nitrogens with one attached hydrogen (secondary N) is 1. The quantitative estimate of drug-likeness (QED) is 0.913. The Hall–Kier alpha value is -2.01. The fourth-order valence-electron chi connectivity index (χ4n) is 2.11. The van der Waals surface area contributed by atoms with Gasteiger partial charge in [-0.15, -0.1) is 0 Å². The van der Waals surface area contributed by atoms with E-state index in [4.69, 9.17) is 4.74 Å². The highest BCUT2D eigenvalue weighted by molar-refractivity contribution is 5.31. The molecule has 1 aromatic heterocycles. The van der Waals surface area contributed by atoms with Gasteiger partial charge in [0.15, 0.2) is 11.6 Å². The van der Waals surface area contributed by atoms with E-state index in [1.165, 1.54) is 25.6 Å². The third kappa shape index (κ3) is 3.11. The van der Waals surface area contributed by atoms with Crippen LogP contribution in [-0.4, -0.2) is 19.1 Å². The van der Waals surface area contributed by atoms with Crippen molar-refractivity contribution in [3.63, 3.8) is 0 Å². The van der Waals surface area contributed by atoms with Crippen molar-refractivity contribution >= 4 is 0 Å². The van der Waals surface area contributed by atoms with Gasteiger partial charge in [-0.1, -0.05) is 6.07 Å². The number of rotatable bonds is 5. The first-order valence-electron chi connectivity index (χ1n) is 6.24. The van der Waals surface area contributed by atoms with Crippen molar-refractivity contribution in [1.29, 1.82) is 0 Å². The largest absolute Gasteiger partial charge is 0.494 e. The summed E-state index contributed by atoms with van der Waals surface area (Å²) in [5.74, 6) is -0.597. The van der Waals surface area contributed by atoms with Crippen molar-refractivity contribution in [2.45, 2.75) is 12.5 Å². The number of benzene rings is 1. The third-order valence-electron chi connectivity index (χ3n) is 3.18. The summed E-state index contributed by atoms with van der Waals surface area (Å²) in [6, 6.07) is 6.12. The molecule has 0 saturated heterocycles. The summed E-state index contributed by atoms with van der Waals surface area (Å²) in [5, 5.41) is 3.03. The van der Waals surface area contributed by atoms with E-state index in [1.807, 2.05) is 0 Å². The number of nitrogens with zero attached hydrogens (tertiary/aromatic N) is 1. The zero-order valence-corrected chi connectivity index (χ0v) is 11.4. The molecule has 5 heteroatoms. The molecule has 2 rings (SSSR count). The average Bonchev–Trinajstić information content (AvgIpc) is 2.46. The van der Waals surface area contributed by atoms with Crippen molar-refractivity contribution in [3.05, 3.63) is 59.4 Å². The zero-order chi connectivity index (χ0) is 14.5. The summed E-state index contributed by atoms with van der Waals surface area (Å²) in [7, 11) is 3.16. The average molecular weight is 278 g/mol. The maximum absolute atomic E-state index is 13.7. The summed E-state index contributed by atoms with van der Waals surface area (Å²) in [6.07, 6.45) is 3.18. The van der Waals surface area contributed by atoms with Crippen LogP contribution in [0.3, 0.4) is 0 Å². The van der Waals surface area contributed by atoms with E-state index in [1.54, 1.807) is 25.2 Å². The van der Waals surface area contributed by atoms with E-state index in [0.29, 0.717) is 12.0 Å². The molecule has 1 heterocycles. The molecule has 0 radical (unpaired) electrons. The van der Waals surface area contributed by atoms with E-state index >= 15 is 0 Å². The van der Waals surface area contributed by atoms with Gasteiger partial charge in [-0.05, 0) is 37.2 Å². The lowest BCUT2D eigenvalue weighted by Crippen LogP contribution is -2.20. The minimum Gasteiger partial charge on any atom is -0.494 e. The lowest BCUT2D eigenvalue weighted by Gasteiger charge is -2.17. The zero-order valence-electron chi connectivity index (χ0n) is 11.4. The van der Waals surface area contributed by atoms with E-state index < -0.39 is 5.82 Å². The molecule has 3 nitrogen and oxygen atoms in total. The molecule has 20 heavy (non-hydrogen) atoms. The molecule has 0 aliphatic rings. The topological polar surface area (TPSA) is 34.1 Å². The Bertz CT molecular complexity index is 590. The fraction of sp³-hybridized carbons (Fsp3) is 0.267. The second kappa shape index (κ2) is 6.43. The fourth-order valence-corrected chi connectivity index (χ4v) is 2.11. The Morgan fingerprint density at radius 1 is 1.25 bits per heavy atom. The number of hydrogen-bond acceptors (Lipinski definition) is 3. The molecule has 1 N–H and O–H groups in total. The second-order valence-electron chi connectivity index (χ2n) is 4.41. The monoisotopic (exact) mass is 278 g/mol. The van der Waals surface area contributed by atoms with Gasteiger partial charge in [0.1, 0.15) is 5.82 Å². The standard InChI is InChI=1S/C15H16F2N2O/c1-18-14(11-5-6-19-9-13(11)17)8-10-3-4-15(20-2)12(16)7-10/h3-7,9,14,18H,8H2,1-2H3. The van der Waals surface area contributed by atoms with Crippen molar-refractivity contribution < 1.29 is 13.5 Å². The molecule has 1 aromatic carbocycles. The van der Waals surface area contributed by atoms with Gasteiger partial charge in [0.05, 0.1) is 13.3 Å². The number of likely N-dealkylation sites (N-methyl/N-ethyl adjacent to an activating group) is 1. The number of halogens is 2. The van der Waals surface area contributed by atoms with Crippen molar-refractivity contribution in [3.8, 4) is 5.75 Å². The van der Waals surface area contributed by atoms with Crippen LogP contribution < -0.4 is 10.1 Å². The highest BCUT2D eigenvalue weighted by Crippen LogP contribution is 2.23. The molecule has 0 bridgehead atoms. The minimum absolute atomic E-state index is 0.199. The predicted octanol–water partition coefficient (Wildman–Crippen LogP) is 2.87. The summed E-state index contributed by atoms with van der Waals surface area (Å²) in [6.45, 7) is 0. The molecule has 1 atom stereocenters. The molecular weight excluding hydrogens is 262 g/mol. The number of aromatic nitrogens is 1.